The molecule has 0 saturated heterocycles. The fourth-order valence-electron chi connectivity index (χ4n) is 2.21. The highest BCUT2D eigenvalue weighted by Gasteiger charge is 2.18. The zero-order valence-corrected chi connectivity index (χ0v) is 13.3. The van der Waals surface area contributed by atoms with Crippen LogP contribution in [0.5, 0.6) is 0 Å². The summed E-state index contributed by atoms with van der Waals surface area (Å²) in [5.41, 5.74) is 2.94. The Morgan fingerprint density at radius 1 is 1.05 bits per heavy atom. The van der Waals surface area contributed by atoms with E-state index in [1.807, 2.05) is 41.9 Å². The summed E-state index contributed by atoms with van der Waals surface area (Å²) < 4.78 is 1.90. The molecule has 0 aliphatic carbocycles. The first-order valence-corrected chi connectivity index (χ1v) is 7.26. The molecule has 0 atom stereocenters. The summed E-state index contributed by atoms with van der Waals surface area (Å²) in [6, 6.07) is 10.0. The van der Waals surface area contributed by atoms with E-state index < -0.39 is 0 Å². The van der Waals surface area contributed by atoms with Gasteiger partial charge in [0, 0.05) is 22.9 Å². The maximum atomic E-state index is 4.61. The lowest BCUT2D eigenvalue weighted by molar-refractivity contribution is 0.542. The van der Waals surface area contributed by atoms with Gasteiger partial charge in [-0.2, -0.15) is 5.10 Å². The average molecular weight is 293 g/mol. The Kier molecular flexibility index (Phi) is 3.48. The van der Waals surface area contributed by atoms with E-state index in [0.29, 0.717) is 5.82 Å². The van der Waals surface area contributed by atoms with Gasteiger partial charge >= 0.3 is 0 Å². The molecule has 5 heteroatoms. The van der Waals surface area contributed by atoms with Crippen LogP contribution >= 0.6 is 0 Å². The Labute approximate surface area is 130 Å². The molecule has 0 fully saturated rings. The van der Waals surface area contributed by atoms with Gasteiger partial charge in [0.1, 0.15) is 12.2 Å². The van der Waals surface area contributed by atoms with Crippen LogP contribution in [-0.4, -0.2) is 24.7 Å². The molecule has 0 spiro atoms. The maximum absolute atomic E-state index is 4.61. The normalized spacial score (nSPS) is 11.6. The second kappa shape index (κ2) is 5.33. The number of aromatic nitrogens is 5. The summed E-state index contributed by atoms with van der Waals surface area (Å²) in [5, 5.41) is 4.34. The van der Waals surface area contributed by atoms with Crippen molar-refractivity contribution in [3.05, 3.63) is 54.4 Å². The van der Waals surface area contributed by atoms with Crippen molar-refractivity contribution in [3.8, 4) is 17.1 Å². The van der Waals surface area contributed by atoms with Gasteiger partial charge in [-0.05, 0) is 25.1 Å². The zero-order valence-electron chi connectivity index (χ0n) is 13.3. The molecule has 3 rings (SSSR count). The summed E-state index contributed by atoms with van der Waals surface area (Å²) in [5.74, 6) is 1.48. The van der Waals surface area contributed by atoms with Crippen LogP contribution < -0.4 is 0 Å². The predicted molar refractivity (Wildman–Crippen MR) is 85.8 cm³/mol. The van der Waals surface area contributed by atoms with Crippen LogP contribution in [0.1, 0.15) is 32.3 Å². The van der Waals surface area contributed by atoms with Crippen molar-refractivity contribution in [2.24, 2.45) is 0 Å². The quantitative estimate of drug-likeness (QED) is 0.727. The fraction of sp³-hybridized carbons (Fsp3) is 0.294. The Bertz CT molecular complexity index is 799. The van der Waals surface area contributed by atoms with E-state index in [0.717, 1.165) is 22.8 Å². The second-order valence-electron chi connectivity index (χ2n) is 6.32. The highest BCUT2D eigenvalue weighted by atomic mass is 15.3. The van der Waals surface area contributed by atoms with E-state index >= 15 is 0 Å². The standard InChI is InChI=1S/C17H19N5/c1-12-8-9-20-22(12)14-7-5-6-13(10-14)15-18-11-19-16(21-15)17(2,3)4/h5-11H,1-4H3. The van der Waals surface area contributed by atoms with Gasteiger partial charge in [0.25, 0.3) is 0 Å². The first-order chi connectivity index (χ1) is 10.4. The largest absolute Gasteiger partial charge is 0.238 e. The van der Waals surface area contributed by atoms with E-state index in [4.69, 9.17) is 0 Å². The Morgan fingerprint density at radius 2 is 1.86 bits per heavy atom. The van der Waals surface area contributed by atoms with Crippen LogP contribution in [0.15, 0.2) is 42.9 Å². The van der Waals surface area contributed by atoms with E-state index in [1.54, 1.807) is 12.5 Å². The third kappa shape index (κ3) is 2.74. The molecule has 0 amide bonds. The molecule has 3 aromatic rings. The van der Waals surface area contributed by atoms with Gasteiger partial charge in [0.05, 0.1) is 5.69 Å². The molecule has 0 unspecified atom stereocenters. The minimum Gasteiger partial charge on any atom is -0.238 e. The predicted octanol–water partition coefficient (Wildman–Crippen LogP) is 3.33. The molecule has 0 aliphatic rings. The number of benzene rings is 1. The fourth-order valence-corrected chi connectivity index (χ4v) is 2.21. The van der Waals surface area contributed by atoms with Crippen molar-refractivity contribution >= 4 is 0 Å². The number of rotatable bonds is 2. The van der Waals surface area contributed by atoms with Crippen LogP contribution in [0.3, 0.4) is 0 Å². The van der Waals surface area contributed by atoms with Gasteiger partial charge in [0.15, 0.2) is 5.82 Å². The molecule has 0 N–H and O–H groups in total. The molecular formula is C17H19N5. The number of aryl methyl sites for hydroxylation is 1. The minimum absolute atomic E-state index is 0.103. The SMILES string of the molecule is Cc1ccnn1-c1cccc(-c2ncnc(C(C)(C)C)n2)c1. The molecule has 2 heterocycles. The van der Waals surface area contributed by atoms with Crippen molar-refractivity contribution in [2.45, 2.75) is 33.1 Å². The third-order valence-corrected chi connectivity index (χ3v) is 3.42. The molecule has 0 aliphatic heterocycles. The van der Waals surface area contributed by atoms with Crippen LogP contribution in [0.4, 0.5) is 0 Å². The molecule has 22 heavy (non-hydrogen) atoms. The van der Waals surface area contributed by atoms with Crippen molar-refractivity contribution in [3.63, 3.8) is 0 Å². The highest BCUT2D eigenvalue weighted by Crippen LogP contribution is 2.22. The lowest BCUT2D eigenvalue weighted by atomic mass is 9.96. The molecule has 0 radical (unpaired) electrons. The maximum Gasteiger partial charge on any atom is 0.163 e. The van der Waals surface area contributed by atoms with Crippen LogP contribution in [0.2, 0.25) is 0 Å². The number of nitrogens with zero attached hydrogens (tertiary/aromatic N) is 5. The number of hydrogen-bond acceptors (Lipinski definition) is 4. The van der Waals surface area contributed by atoms with Gasteiger partial charge in [-0.3, -0.25) is 0 Å². The summed E-state index contributed by atoms with van der Waals surface area (Å²) in [4.78, 5) is 13.2. The van der Waals surface area contributed by atoms with Crippen LogP contribution in [0, 0.1) is 6.92 Å². The second-order valence-corrected chi connectivity index (χ2v) is 6.32. The van der Waals surface area contributed by atoms with Crippen molar-refractivity contribution < 1.29 is 0 Å². The molecule has 1 aromatic carbocycles. The minimum atomic E-state index is -0.103. The molecule has 0 saturated carbocycles. The third-order valence-electron chi connectivity index (χ3n) is 3.42. The smallest absolute Gasteiger partial charge is 0.163 e. The highest BCUT2D eigenvalue weighted by molar-refractivity contribution is 5.58. The zero-order chi connectivity index (χ0) is 15.7. The molecule has 5 nitrogen and oxygen atoms in total. The van der Waals surface area contributed by atoms with Crippen molar-refractivity contribution in [1.29, 1.82) is 0 Å². The van der Waals surface area contributed by atoms with E-state index in [1.165, 1.54) is 0 Å². The molecule has 2 aromatic heterocycles. The van der Waals surface area contributed by atoms with E-state index in [9.17, 15) is 0 Å². The van der Waals surface area contributed by atoms with Crippen molar-refractivity contribution in [1.82, 2.24) is 24.7 Å². The van der Waals surface area contributed by atoms with Gasteiger partial charge < -0.3 is 0 Å². The van der Waals surface area contributed by atoms with Gasteiger partial charge in [-0.1, -0.05) is 32.9 Å². The van der Waals surface area contributed by atoms with E-state index in [2.05, 4.69) is 40.8 Å². The number of hydrogen-bond donors (Lipinski definition) is 0. The van der Waals surface area contributed by atoms with E-state index in [-0.39, 0.29) is 5.41 Å². The Morgan fingerprint density at radius 3 is 2.55 bits per heavy atom. The lowest BCUT2D eigenvalue weighted by Gasteiger charge is -2.16. The molecule has 112 valence electrons. The summed E-state index contributed by atoms with van der Waals surface area (Å²) >= 11 is 0. The molecule has 0 bridgehead atoms. The first-order valence-electron chi connectivity index (χ1n) is 7.26. The summed E-state index contributed by atoms with van der Waals surface area (Å²) in [6.07, 6.45) is 3.37. The van der Waals surface area contributed by atoms with Crippen molar-refractivity contribution in [2.75, 3.05) is 0 Å². The lowest BCUT2D eigenvalue weighted by Crippen LogP contribution is -2.16. The topological polar surface area (TPSA) is 56.5 Å². The van der Waals surface area contributed by atoms with Gasteiger partial charge in [-0.25, -0.2) is 19.6 Å². The summed E-state index contributed by atoms with van der Waals surface area (Å²) in [7, 11) is 0. The van der Waals surface area contributed by atoms with Crippen LogP contribution in [-0.2, 0) is 5.41 Å². The van der Waals surface area contributed by atoms with Gasteiger partial charge in [0.2, 0.25) is 0 Å². The Balaban J connectivity index is 2.05. The average Bonchev–Trinajstić information content (AvgIpc) is 2.93. The van der Waals surface area contributed by atoms with Gasteiger partial charge in [-0.15, -0.1) is 0 Å². The monoisotopic (exact) mass is 293 g/mol. The van der Waals surface area contributed by atoms with Crippen LogP contribution in [0.25, 0.3) is 17.1 Å². The Hall–Kier alpha value is -2.56. The molecular weight excluding hydrogens is 274 g/mol. The first kappa shape index (κ1) is 14.4. The summed E-state index contributed by atoms with van der Waals surface area (Å²) in [6.45, 7) is 8.31.